The molecule has 0 unspecified atom stereocenters. The first kappa shape index (κ1) is 33.4. The number of fused-ring (bicyclic) bond motifs is 1. The number of nitrogens with zero attached hydrogens (tertiary/aromatic N) is 4. The molecule has 1 heterocycles. The number of aromatic carboxylic acids is 1. The Morgan fingerprint density at radius 1 is 0.822 bits per heavy atom. The lowest BCUT2D eigenvalue weighted by atomic mass is 10.1. The molecule has 0 bridgehead atoms. The van der Waals surface area contributed by atoms with Crippen LogP contribution in [0.25, 0.3) is 10.8 Å². The van der Waals surface area contributed by atoms with Crippen LogP contribution in [0.4, 0.5) is 29.2 Å². The van der Waals surface area contributed by atoms with Crippen molar-refractivity contribution in [1.82, 2.24) is 15.0 Å². The van der Waals surface area contributed by atoms with Crippen molar-refractivity contribution < 1.29 is 56.2 Å². The lowest BCUT2D eigenvalue weighted by molar-refractivity contribution is -0.253. The molecule has 0 radical (unpaired) electrons. The third-order valence-corrected chi connectivity index (χ3v) is 7.82. The summed E-state index contributed by atoms with van der Waals surface area (Å²) >= 11 is 0. The number of rotatable bonds is 14. The fourth-order valence-electron chi connectivity index (χ4n) is 4.22. The van der Waals surface area contributed by atoms with E-state index in [0.29, 0.717) is 11.6 Å². The fraction of sp³-hybridized carbons (Fsp3) is 0.200. The maximum Gasteiger partial charge on any atom is 0.335 e. The van der Waals surface area contributed by atoms with Crippen molar-refractivity contribution in [3.63, 3.8) is 0 Å². The largest absolute Gasteiger partial charge is 0.478 e. The van der Waals surface area contributed by atoms with E-state index in [4.69, 9.17) is 5.26 Å². The van der Waals surface area contributed by atoms with E-state index in [0.717, 1.165) is 6.07 Å². The van der Waals surface area contributed by atoms with Crippen molar-refractivity contribution in [3.8, 4) is 0 Å². The number of hydrogen-bond acceptors (Lipinski definition) is 15. The number of hydrogen-bond donors (Lipinski definition) is 8. The van der Waals surface area contributed by atoms with E-state index >= 15 is 0 Å². The van der Waals surface area contributed by atoms with E-state index in [1.165, 1.54) is 41.3 Å². The van der Waals surface area contributed by atoms with Crippen LogP contribution < -0.4 is 15.5 Å². The van der Waals surface area contributed by atoms with Crippen LogP contribution in [0.15, 0.2) is 58.3 Å². The number of benzene rings is 3. The molecule has 3 aromatic carbocycles. The van der Waals surface area contributed by atoms with E-state index in [1.807, 2.05) is 0 Å². The fourth-order valence-corrected chi connectivity index (χ4v) is 5.58. The molecule has 0 saturated heterocycles. The van der Waals surface area contributed by atoms with Crippen LogP contribution >= 0.6 is 0 Å². The first-order valence-corrected chi connectivity index (χ1v) is 15.5. The number of anilines is 5. The molecule has 0 saturated carbocycles. The molecule has 18 nitrogen and oxygen atoms in total. The molecule has 0 aliphatic rings. The second-order valence-corrected chi connectivity index (χ2v) is 12.1. The molecule has 4 rings (SSSR count). The molecular weight excluding hydrogens is 640 g/mol. The summed E-state index contributed by atoms with van der Waals surface area (Å²) in [6, 6.07) is 9.54. The molecule has 8 N–H and O–H groups in total. The van der Waals surface area contributed by atoms with Gasteiger partial charge in [0.2, 0.25) is 17.8 Å². The lowest BCUT2D eigenvalue weighted by Crippen LogP contribution is -2.31. The van der Waals surface area contributed by atoms with Gasteiger partial charge in [-0.1, -0.05) is 6.07 Å². The molecule has 0 atom stereocenters. The van der Waals surface area contributed by atoms with Gasteiger partial charge in [0.25, 0.3) is 20.2 Å². The van der Waals surface area contributed by atoms with Gasteiger partial charge in [0, 0.05) is 29.9 Å². The summed E-state index contributed by atoms with van der Waals surface area (Å²) in [5.41, 5.74) is 0.513. The summed E-state index contributed by atoms with van der Waals surface area (Å²) in [7, 11) is -9.77. The Kier molecular flexibility index (Phi) is 10.1. The maximum absolute atomic E-state index is 12.0. The van der Waals surface area contributed by atoms with Crippen molar-refractivity contribution in [2.45, 2.75) is 16.4 Å². The van der Waals surface area contributed by atoms with Crippen LogP contribution in [-0.4, -0.2) is 93.7 Å². The predicted molar refractivity (Wildman–Crippen MR) is 157 cm³/mol. The summed E-state index contributed by atoms with van der Waals surface area (Å²) in [5.74, 6) is -1.57. The van der Waals surface area contributed by atoms with Gasteiger partial charge in [-0.05, 0) is 53.4 Å². The Hall–Kier alpha value is -4.54. The van der Waals surface area contributed by atoms with Crippen LogP contribution in [0.2, 0.25) is 0 Å². The molecule has 0 fully saturated rings. The number of carboxylic acid groups (broad SMARTS) is 1. The first-order valence-electron chi connectivity index (χ1n) is 12.6. The monoisotopic (exact) mass is 666 g/mol. The van der Waals surface area contributed by atoms with E-state index in [2.05, 4.69) is 30.5 Å². The normalized spacial score (nSPS) is 11.8. The Bertz CT molecular complexity index is 1950. The molecule has 1 aromatic heterocycles. The van der Waals surface area contributed by atoms with Gasteiger partial charge in [-0.25, -0.2) is 9.68 Å². The van der Waals surface area contributed by atoms with Gasteiger partial charge < -0.3 is 30.9 Å². The van der Waals surface area contributed by atoms with Crippen molar-refractivity contribution >= 4 is 66.2 Å². The zero-order chi connectivity index (χ0) is 32.9. The number of aliphatic hydroxyl groups is 2. The molecule has 0 aliphatic carbocycles. The summed E-state index contributed by atoms with van der Waals surface area (Å²) in [6.07, 6.45) is 0. The smallest absolute Gasteiger partial charge is 0.335 e. The van der Waals surface area contributed by atoms with Crippen molar-refractivity contribution in [2.24, 2.45) is 0 Å². The number of carbonyl (C=O) groups is 1. The second-order valence-electron chi connectivity index (χ2n) is 9.27. The van der Waals surface area contributed by atoms with Gasteiger partial charge in [-0.2, -0.15) is 31.8 Å². The summed E-state index contributed by atoms with van der Waals surface area (Å²) in [5, 5.41) is 43.0. The number of aliphatic hydroxyl groups excluding tert-OH is 2. The number of nitrogens with one attached hydrogen (secondary N) is 2. The average molecular weight is 667 g/mol. The van der Waals surface area contributed by atoms with Crippen LogP contribution in [0.5, 0.6) is 0 Å². The molecule has 20 heteroatoms. The highest BCUT2D eigenvalue weighted by Gasteiger charge is 2.21. The van der Waals surface area contributed by atoms with Gasteiger partial charge in [-0.3, -0.25) is 14.4 Å². The standard InChI is InChI=1S/C25H26N6O12S2/c32-5-3-31(4-6-33)25-29-23(28-24(30-25)27-18-8-14(13-43-36)7-16(10-18)22(34)35)26-17-1-2-20-15(9-17)11-19(44(37,38)39)12-21(20)45(40,41)42/h1-2,7-12,32-33,36H,3-6,13H2,(H,34,35)(H,37,38,39)(H,40,41,42)(H2,26,27,28,29,30). The van der Waals surface area contributed by atoms with Crippen molar-refractivity contribution in [2.75, 3.05) is 41.8 Å². The van der Waals surface area contributed by atoms with Crippen LogP contribution in [0.1, 0.15) is 15.9 Å². The molecule has 0 aliphatic heterocycles. The van der Waals surface area contributed by atoms with Crippen LogP contribution in [0.3, 0.4) is 0 Å². The summed E-state index contributed by atoms with van der Waals surface area (Å²) in [4.78, 5) is 28.5. The first-order chi connectivity index (χ1) is 21.2. The molecule has 0 amide bonds. The van der Waals surface area contributed by atoms with Gasteiger partial charge in [-0.15, -0.1) is 0 Å². The average Bonchev–Trinajstić information content (AvgIpc) is 2.95. The third kappa shape index (κ3) is 8.34. The van der Waals surface area contributed by atoms with Gasteiger partial charge >= 0.3 is 5.97 Å². The highest BCUT2D eigenvalue weighted by Crippen LogP contribution is 2.31. The quantitative estimate of drug-likeness (QED) is 0.0537. The van der Waals surface area contributed by atoms with Crippen LogP contribution in [0, 0.1) is 0 Å². The Morgan fingerprint density at radius 3 is 2.02 bits per heavy atom. The van der Waals surface area contributed by atoms with E-state index < -0.39 is 36.0 Å². The molecule has 240 valence electrons. The van der Waals surface area contributed by atoms with Gasteiger partial charge in [0.05, 0.1) is 23.7 Å². The Balaban J connectivity index is 1.81. The van der Waals surface area contributed by atoms with Crippen LogP contribution in [-0.2, 0) is 31.7 Å². The van der Waals surface area contributed by atoms with E-state index in [9.17, 15) is 46.1 Å². The molecular formula is C25H26N6O12S2. The predicted octanol–water partition coefficient (Wildman–Crippen LogP) is 1.48. The number of carboxylic acids is 1. The highest BCUT2D eigenvalue weighted by molar-refractivity contribution is 7.86. The zero-order valence-corrected chi connectivity index (χ0v) is 24.5. The van der Waals surface area contributed by atoms with Gasteiger partial charge in [0.15, 0.2) is 0 Å². The minimum atomic E-state index is -4.90. The summed E-state index contributed by atoms with van der Waals surface area (Å²) < 4.78 is 66.6. The topological polar surface area (TPSA) is 282 Å². The molecule has 4 aromatic rings. The second kappa shape index (κ2) is 13.6. The highest BCUT2D eigenvalue weighted by atomic mass is 32.2. The molecule has 45 heavy (non-hydrogen) atoms. The SMILES string of the molecule is O=C(O)c1cc(COO)cc(Nc2nc(Nc3ccc4c(S(=O)(=O)O)cc(S(=O)(=O)O)cc4c3)nc(N(CCO)CCO)n2)c1. The van der Waals surface area contributed by atoms with E-state index in [1.54, 1.807) is 0 Å². The minimum Gasteiger partial charge on any atom is -0.478 e. The summed E-state index contributed by atoms with van der Waals surface area (Å²) in [6.45, 7) is -0.990. The third-order valence-electron chi connectivity index (χ3n) is 6.09. The Labute approximate surface area is 255 Å². The Morgan fingerprint density at radius 2 is 1.47 bits per heavy atom. The zero-order valence-electron chi connectivity index (χ0n) is 22.9. The van der Waals surface area contributed by atoms with Crippen molar-refractivity contribution in [3.05, 3.63) is 59.7 Å². The lowest BCUT2D eigenvalue weighted by Gasteiger charge is -2.21. The maximum atomic E-state index is 12.0. The number of aromatic nitrogens is 3. The van der Waals surface area contributed by atoms with Crippen molar-refractivity contribution in [1.29, 1.82) is 0 Å². The van der Waals surface area contributed by atoms with Gasteiger partial charge in [0.1, 0.15) is 11.5 Å². The minimum absolute atomic E-state index is 0.00271. The van der Waals surface area contributed by atoms with E-state index in [-0.39, 0.29) is 78.5 Å². The molecule has 0 spiro atoms.